The SMILES string of the molecule is COc1ccc([C@H]2O[C@H](C(=O)O[C@H]3C[C@@]4(O)C(OC(=O)c5ccccc5)C5[C@](C)(C(=O)[C@H](OC(C)=O)C(=C3C)C4(C)C)[C@@H](OC(=O)CCl)C[C@H]3OC[C@@]53OC(C)=O)[C@@H](c3ccccc3)N2C(=O)c2ccccc2)cc1. The fourth-order valence-corrected chi connectivity index (χ4v) is 12.3. The number of alkyl halides is 1. The van der Waals surface area contributed by atoms with Crippen LogP contribution in [-0.4, -0.2) is 119 Å². The molecule has 2 aliphatic heterocycles. The van der Waals surface area contributed by atoms with Crippen molar-refractivity contribution in [2.45, 2.75) is 114 Å². The number of benzene rings is 4. The zero-order valence-electron chi connectivity index (χ0n) is 42.4. The van der Waals surface area contributed by atoms with Crippen LogP contribution in [0.4, 0.5) is 0 Å². The van der Waals surface area contributed by atoms with Crippen LogP contribution in [0.3, 0.4) is 0 Å². The molecule has 17 nitrogen and oxygen atoms in total. The minimum atomic E-state index is -2.45. The molecule has 9 rings (SSSR count). The molecular formula is C57H58ClNO16. The zero-order chi connectivity index (χ0) is 53.8. The van der Waals surface area contributed by atoms with Crippen molar-refractivity contribution in [2.24, 2.45) is 16.7 Å². The van der Waals surface area contributed by atoms with E-state index in [9.17, 15) is 29.1 Å². The summed E-state index contributed by atoms with van der Waals surface area (Å²) in [6, 6.07) is 30.9. The number of carbonyl (C=O) groups is 7. The van der Waals surface area contributed by atoms with Crippen molar-refractivity contribution in [1.82, 2.24) is 4.90 Å². The first-order valence-electron chi connectivity index (χ1n) is 24.6. The van der Waals surface area contributed by atoms with Gasteiger partial charge in [0.05, 0.1) is 36.7 Å². The standard InChI is InChI=1S/C57H58ClNO16/c1-31-39(71-53(66)46-44(34-17-11-8-12-18-34)59(50(64)35-19-13-9-14-20-35)51(73-46)36-23-25-38(68-7)26-24-36)28-57(67)49(74-52(65)37-21-15-10-16-22-37)47-55(6,48(63)45(70-32(2)60)43(31)54(57,4)5)40(72-42(62)29-58)27-41-56(47,30-69-41)75-33(3)61/h8-26,39-41,44-47,49,51,67H,27-30H2,1-7H3/t39-,40-,41+,44+,45+,46-,47?,49?,51+,55+,56-,57+/m0/s1. The average molecular weight is 1050 g/mol. The average Bonchev–Trinajstić information content (AvgIpc) is 3.82. The highest BCUT2D eigenvalue weighted by atomic mass is 35.5. The number of rotatable bonds is 12. The number of amides is 1. The minimum Gasteiger partial charge on any atom is -0.497 e. The summed E-state index contributed by atoms with van der Waals surface area (Å²) in [5, 5.41) is 14.2. The molecule has 5 aliphatic rings. The zero-order valence-corrected chi connectivity index (χ0v) is 43.1. The molecule has 2 unspecified atom stereocenters. The first kappa shape index (κ1) is 52.9. The molecule has 394 valence electrons. The molecule has 4 aromatic carbocycles. The Hall–Kier alpha value is -6.92. The molecule has 18 heteroatoms. The summed E-state index contributed by atoms with van der Waals surface area (Å²) in [6.45, 7) is 8.05. The van der Waals surface area contributed by atoms with Crippen LogP contribution in [0.5, 0.6) is 5.75 Å². The number of halogens is 1. The van der Waals surface area contributed by atoms with Crippen LogP contribution in [0.15, 0.2) is 126 Å². The molecule has 1 amide bonds. The highest BCUT2D eigenvalue weighted by Crippen LogP contribution is 2.65. The highest BCUT2D eigenvalue weighted by Gasteiger charge is 2.79. The third kappa shape index (κ3) is 8.96. The van der Waals surface area contributed by atoms with Crippen molar-refractivity contribution in [3.63, 3.8) is 0 Å². The van der Waals surface area contributed by atoms with Gasteiger partial charge in [-0.3, -0.25) is 28.9 Å². The molecule has 4 aromatic rings. The molecule has 75 heavy (non-hydrogen) atoms. The summed E-state index contributed by atoms with van der Waals surface area (Å²) in [6.07, 6.45) is -11.3. The van der Waals surface area contributed by atoms with Gasteiger partial charge in [-0.25, -0.2) is 9.59 Å². The number of carbonyl (C=O) groups excluding carboxylic acids is 7. The molecule has 0 spiro atoms. The predicted molar refractivity (Wildman–Crippen MR) is 266 cm³/mol. The number of methoxy groups -OCH3 is 1. The van der Waals surface area contributed by atoms with E-state index in [1.165, 1.54) is 31.1 Å². The van der Waals surface area contributed by atoms with Crippen molar-refractivity contribution in [1.29, 1.82) is 0 Å². The molecule has 12 atom stereocenters. The van der Waals surface area contributed by atoms with Crippen LogP contribution in [0.25, 0.3) is 0 Å². The first-order valence-corrected chi connectivity index (χ1v) is 25.2. The van der Waals surface area contributed by atoms with Crippen LogP contribution < -0.4 is 4.74 Å². The maximum absolute atomic E-state index is 16.2. The number of ether oxygens (including phenoxy) is 8. The van der Waals surface area contributed by atoms with Gasteiger partial charge in [0.1, 0.15) is 41.6 Å². The smallest absolute Gasteiger partial charge is 0.338 e. The van der Waals surface area contributed by atoms with E-state index < -0.39 is 131 Å². The monoisotopic (exact) mass is 1050 g/mol. The van der Waals surface area contributed by atoms with Gasteiger partial charge >= 0.3 is 29.8 Å². The Labute approximate surface area is 438 Å². The van der Waals surface area contributed by atoms with Crippen LogP contribution in [0.1, 0.15) is 98.5 Å². The Morgan fingerprint density at radius 2 is 1.39 bits per heavy atom. The number of Topliss-reactive ketones (excluding diaryl/α,β-unsaturated/α-hetero) is 1. The second-order valence-electron chi connectivity index (χ2n) is 20.4. The number of ketones is 1. The van der Waals surface area contributed by atoms with E-state index >= 15 is 9.59 Å². The van der Waals surface area contributed by atoms with E-state index in [0.29, 0.717) is 22.4 Å². The summed E-state index contributed by atoms with van der Waals surface area (Å²) in [4.78, 5) is 103. The topological polar surface area (TPSA) is 217 Å². The normalized spacial score (nSPS) is 31.5. The molecule has 2 saturated heterocycles. The number of fused-ring (bicyclic) bond motifs is 5. The lowest BCUT2D eigenvalue weighted by molar-refractivity contribution is -0.346. The summed E-state index contributed by atoms with van der Waals surface area (Å²) >= 11 is 6.01. The number of nitrogens with zero attached hydrogens (tertiary/aromatic N) is 1. The molecule has 2 bridgehead atoms. The fraction of sp³-hybridized carbons (Fsp3) is 0.421. The Kier molecular flexibility index (Phi) is 14.3. The van der Waals surface area contributed by atoms with Crippen molar-refractivity contribution >= 4 is 53.1 Å². The van der Waals surface area contributed by atoms with Gasteiger partial charge in [-0.2, -0.15) is 0 Å². The second-order valence-corrected chi connectivity index (χ2v) is 20.7. The maximum Gasteiger partial charge on any atom is 0.338 e. The summed E-state index contributed by atoms with van der Waals surface area (Å²) in [7, 11) is 1.52. The van der Waals surface area contributed by atoms with Gasteiger partial charge in [-0.1, -0.05) is 92.7 Å². The van der Waals surface area contributed by atoms with E-state index in [-0.39, 0.29) is 29.7 Å². The third-order valence-corrected chi connectivity index (χ3v) is 16.2. The van der Waals surface area contributed by atoms with Gasteiger partial charge in [-0.05, 0) is 67.0 Å². The van der Waals surface area contributed by atoms with Gasteiger partial charge in [0.2, 0.25) is 0 Å². The lowest BCUT2D eigenvalue weighted by Gasteiger charge is -2.67. The van der Waals surface area contributed by atoms with Crippen LogP contribution in [-0.2, 0) is 57.1 Å². The van der Waals surface area contributed by atoms with Gasteiger partial charge < -0.3 is 43.0 Å². The number of hydrogen-bond donors (Lipinski definition) is 1. The molecule has 0 aromatic heterocycles. The molecule has 2 saturated carbocycles. The van der Waals surface area contributed by atoms with Gasteiger partial charge in [-0.15, -0.1) is 11.6 Å². The Balaban J connectivity index is 1.23. The largest absolute Gasteiger partial charge is 0.497 e. The molecule has 1 N–H and O–H groups in total. The highest BCUT2D eigenvalue weighted by molar-refractivity contribution is 6.26. The van der Waals surface area contributed by atoms with E-state index in [4.69, 9.17) is 49.5 Å². The van der Waals surface area contributed by atoms with Crippen molar-refractivity contribution < 1.29 is 76.6 Å². The Morgan fingerprint density at radius 3 is 1.95 bits per heavy atom. The van der Waals surface area contributed by atoms with E-state index in [2.05, 4.69) is 0 Å². The van der Waals surface area contributed by atoms with E-state index in [1.54, 1.807) is 124 Å². The minimum absolute atomic E-state index is 0.00503. The van der Waals surface area contributed by atoms with E-state index in [1.807, 2.05) is 0 Å². The molecule has 3 aliphatic carbocycles. The number of esters is 5. The summed E-state index contributed by atoms with van der Waals surface area (Å²) in [5.41, 5.74) is -6.59. The number of aliphatic hydroxyl groups is 1. The van der Waals surface area contributed by atoms with Crippen LogP contribution >= 0.6 is 11.6 Å². The first-order chi connectivity index (χ1) is 35.7. The molecule has 2 heterocycles. The van der Waals surface area contributed by atoms with E-state index in [0.717, 1.165) is 13.8 Å². The van der Waals surface area contributed by atoms with Crippen molar-refractivity contribution in [3.8, 4) is 5.75 Å². The molecule has 0 radical (unpaired) electrons. The fourth-order valence-electron chi connectivity index (χ4n) is 12.3. The lowest BCUT2D eigenvalue weighted by Crippen LogP contribution is -2.82. The lowest BCUT2D eigenvalue weighted by atomic mass is 9.44. The van der Waals surface area contributed by atoms with Gasteiger partial charge in [0.25, 0.3) is 5.91 Å². The Morgan fingerprint density at radius 1 is 0.773 bits per heavy atom. The quantitative estimate of drug-likeness (QED) is 0.0655. The molecular weight excluding hydrogens is 990 g/mol. The van der Waals surface area contributed by atoms with Crippen molar-refractivity contribution in [2.75, 3.05) is 19.6 Å². The maximum atomic E-state index is 16.2. The Bertz CT molecular complexity index is 2910. The van der Waals surface area contributed by atoms with Crippen LogP contribution in [0, 0.1) is 16.7 Å². The molecule has 4 fully saturated rings. The van der Waals surface area contributed by atoms with Crippen molar-refractivity contribution in [3.05, 3.63) is 149 Å². The summed E-state index contributed by atoms with van der Waals surface area (Å²) < 4.78 is 49.7. The summed E-state index contributed by atoms with van der Waals surface area (Å²) in [5.74, 6) is -7.65. The third-order valence-electron chi connectivity index (χ3n) is 15.9. The van der Waals surface area contributed by atoms with Crippen LogP contribution in [0.2, 0.25) is 0 Å². The van der Waals surface area contributed by atoms with Gasteiger partial charge in [0.15, 0.2) is 29.8 Å². The predicted octanol–water partition coefficient (Wildman–Crippen LogP) is 6.98. The van der Waals surface area contributed by atoms with Gasteiger partial charge in [0, 0.05) is 43.2 Å². The second kappa shape index (κ2) is 20.3. The number of hydrogen-bond acceptors (Lipinski definition) is 16.